The molecule has 4 N–H and O–H groups in total. The van der Waals surface area contributed by atoms with Crippen molar-refractivity contribution in [3.05, 3.63) is 102 Å². The van der Waals surface area contributed by atoms with Crippen molar-refractivity contribution in [3.8, 4) is 28.4 Å². The fourth-order valence-corrected chi connectivity index (χ4v) is 4.63. The SMILES string of the molecule is CCOc1cc(C(=O)N[C@H](Cc2ccccc2)[C@@H](O)C(=O)O)nn1Cc1ccc(-c2ccccc2-c2nnn[nH]2)cc1F. The lowest BCUT2D eigenvalue weighted by Crippen LogP contribution is -2.48. The Morgan fingerprint density at radius 3 is 2.47 bits per heavy atom. The molecule has 13 heteroatoms. The molecule has 0 aliphatic carbocycles. The third kappa shape index (κ3) is 6.73. The van der Waals surface area contributed by atoms with Gasteiger partial charge in [-0.3, -0.25) is 4.79 Å². The van der Waals surface area contributed by atoms with Crippen LogP contribution in [0.3, 0.4) is 0 Å². The van der Waals surface area contributed by atoms with Crippen molar-refractivity contribution in [1.29, 1.82) is 0 Å². The zero-order valence-corrected chi connectivity index (χ0v) is 23.0. The first-order valence-corrected chi connectivity index (χ1v) is 13.4. The van der Waals surface area contributed by atoms with Gasteiger partial charge < -0.3 is 20.3 Å². The first-order valence-electron chi connectivity index (χ1n) is 13.4. The number of carboxylic acids is 1. The molecular weight excluding hydrogens is 557 g/mol. The summed E-state index contributed by atoms with van der Waals surface area (Å²) in [5.74, 6) is -2.01. The summed E-state index contributed by atoms with van der Waals surface area (Å²) in [5.41, 5.74) is 2.99. The number of aliphatic hydroxyl groups excluding tert-OH is 1. The number of H-pyrrole nitrogens is 1. The summed E-state index contributed by atoms with van der Waals surface area (Å²) in [6.07, 6.45) is -1.78. The van der Waals surface area contributed by atoms with E-state index in [2.05, 4.69) is 31.0 Å². The van der Waals surface area contributed by atoms with E-state index in [1.165, 1.54) is 16.8 Å². The molecular formula is C30H28FN7O5. The van der Waals surface area contributed by atoms with Gasteiger partial charge in [0.15, 0.2) is 17.6 Å². The molecule has 5 rings (SSSR count). The third-order valence-electron chi connectivity index (χ3n) is 6.73. The van der Waals surface area contributed by atoms with Crippen LogP contribution in [-0.2, 0) is 17.8 Å². The van der Waals surface area contributed by atoms with Crippen molar-refractivity contribution in [2.24, 2.45) is 0 Å². The van der Waals surface area contributed by atoms with E-state index < -0.39 is 29.8 Å². The molecule has 3 aromatic carbocycles. The average molecular weight is 586 g/mol. The second-order valence-electron chi connectivity index (χ2n) is 9.61. The molecule has 0 spiro atoms. The highest BCUT2D eigenvalue weighted by atomic mass is 19.1. The number of aromatic amines is 1. The van der Waals surface area contributed by atoms with Gasteiger partial charge >= 0.3 is 5.97 Å². The van der Waals surface area contributed by atoms with E-state index in [4.69, 9.17) is 4.74 Å². The van der Waals surface area contributed by atoms with Gasteiger partial charge in [0.25, 0.3) is 5.91 Å². The highest BCUT2D eigenvalue weighted by molar-refractivity contribution is 5.93. The van der Waals surface area contributed by atoms with Crippen molar-refractivity contribution >= 4 is 11.9 Å². The van der Waals surface area contributed by atoms with Crippen molar-refractivity contribution in [1.82, 2.24) is 35.7 Å². The van der Waals surface area contributed by atoms with Crippen LogP contribution in [0.2, 0.25) is 0 Å². The largest absolute Gasteiger partial charge is 0.479 e. The average Bonchev–Trinajstić information content (AvgIpc) is 3.69. The third-order valence-corrected chi connectivity index (χ3v) is 6.73. The molecule has 2 heterocycles. The molecule has 5 aromatic rings. The van der Waals surface area contributed by atoms with Crippen LogP contribution in [0.1, 0.15) is 28.5 Å². The second kappa shape index (κ2) is 13.0. The summed E-state index contributed by atoms with van der Waals surface area (Å²) in [5, 5.41) is 40.5. The van der Waals surface area contributed by atoms with E-state index in [0.29, 0.717) is 22.5 Å². The molecule has 0 bridgehead atoms. The van der Waals surface area contributed by atoms with E-state index >= 15 is 4.39 Å². The van der Waals surface area contributed by atoms with Crippen molar-refractivity contribution in [2.75, 3.05) is 6.61 Å². The Kier molecular flexibility index (Phi) is 8.82. The van der Waals surface area contributed by atoms with Gasteiger partial charge in [0.1, 0.15) is 5.82 Å². The number of carbonyl (C=O) groups is 2. The highest BCUT2D eigenvalue weighted by Crippen LogP contribution is 2.31. The monoisotopic (exact) mass is 585 g/mol. The minimum Gasteiger partial charge on any atom is -0.479 e. The molecule has 2 atom stereocenters. The minimum absolute atomic E-state index is 0.0480. The van der Waals surface area contributed by atoms with Crippen molar-refractivity contribution in [3.63, 3.8) is 0 Å². The lowest BCUT2D eigenvalue weighted by atomic mass is 9.98. The van der Waals surface area contributed by atoms with Crippen LogP contribution in [0.15, 0.2) is 78.9 Å². The Morgan fingerprint density at radius 1 is 1.05 bits per heavy atom. The fraction of sp³-hybridized carbons (Fsp3) is 0.200. The summed E-state index contributed by atoms with van der Waals surface area (Å²) < 4.78 is 22.4. The number of hydrogen-bond donors (Lipinski definition) is 4. The van der Waals surface area contributed by atoms with Gasteiger partial charge in [0.2, 0.25) is 5.88 Å². The maximum Gasteiger partial charge on any atom is 0.334 e. The van der Waals surface area contributed by atoms with Crippen LogP contribution in [0, 0.1) is 5.82 Å². The van der Waals surface area contributed by atoms with E-state index in [1.807, 2.05) is 24.3 Å². The number of nitrogens with zero attached hydrogens (tertiary/aromatic N) is 5. The number of aliphatic carboxylic acids is 1. The lowest BCUT2D eigenvalue weighted by Gasteiger charge is -2.21. The van der Waals surface area contributed by atoms with Crippen LogP contribution < -0.4 is 10.1 Å². The molecule has 2 aromatic heterocycles. The van der Waals surface area contributed by atoms with Gasteiger partial charge in [-0.15, -0.1) is 5.10 Å². The number of nitrogens with one attached hydrogen (secondary N) is 2. The topological polar surface area (TPSA) is 168 Å². The van der Waals surface area contributed by atoms with Crippen LogP contribution in [-0.4, -0.2) is 71.2 Å². The van der Waals surface area contributed by atoms with Crippen LogP contribution in [0.25, 0.3) is 22.5 Å². The second-order valence-corrected chi connectivity index (χ2v) is 9.61. The summed E-state index contributed by atoms with van der Waals surface area (Å²) >= 11 is 0. The summed E-state index contributed by atoms with van der Waals surface area (Å²) in [4.78, 5) is 24.7. The van der Waals surface area contributed by atoms with Gasteiger partial charge in [-0.05, 0) is 46.5 Å². The predicted molar refractivity (Wildman–Crippen MR) is 153 cm³/mol. The maximum atomic E-state index is 15.4. The molecule has 0 unspecified atom stereocenters. The number of benzene rings is 3. The van der Waals surface area contributed by atoms with Gasteiger partial charge in [-0.2, -0.15) is 5.10 Å². The Bertz CT molecular complexity index is 1710. The van der Waals surface area contributed by atoms with E-state index in [9.17, 15) is 19.8 Å². The standard InChI is InChI=1S/C30H28FN7O5/c1-2-43-26-16-25(29(40)32-24(27(39)30(41)42)14-18-8-4-3-5-9-18)35-38(26)17-20-13-12-19(15-23(20)31)21-10-6-7-11-22(21)28-33-36-37-34-28/h3-13,15-16,24,27,39H,2,14,17H2,1H3,(H,32,40)(H,41,42)(H,33,34,36,37)/t24-,27-/m1/s1. The lowest BCUT2D eigenvalue weighted by molar-refractivity contribution is -0.148. The molecule has 0 saturated carbocycles. The number of carbonyl (C=O) groups excluding carboxylic acids is 1. The number of aliphatic hydroxyl groups is 1. The number of carboxylic acid groups (broad SMARTS) is 1. The maximum absolute atomic E-state index is 15.4. The van der Waals surface area contributed by atoms with Gasteiger partial charge in [-0.1, -0.05) is 66.7 Å². The van der Waals surface area contributed by atoms with Gasteiger partial charge in [0.05, 0.1) is 19.2 Å². The smallest absolute Gasteiger partial charge is 0.334 e. The van der Waals surface area contributed by atoms with Gasteiger partial charge in [-0.25, -0.2) is 19.0 Å². The van der Waals surface area contributed by atoms with Crippen LogP contribution in [0.4, 0.5) is 4.39 Å². The van der Waals surface area contributed by atoms with E-state index in [1.54, 1.807) is 49.4 Å². The number of ether oxygens (including phenoxy) is 1. The number of tetrazole rings is 1. The number of hydrogen-bond acceptors (Lipinski definition) is 8. The molecule has 0 aliphatic heterocycles. The Labute approximate surface area is 245 Å². The van der Waals surface area contributed by atoms with E-state index in [0.717, 1.165) is 11.1 Å². The summed E-state index contributed by atoms with van der Waals surface area (Å²) in [6, 6.07) is 21.3. The Morgan fingerprint density at radius 2 is 1.79 bits per heavy atom. The number of rotatable bonds is 12. The van der Waals surface area contributed by atoms with Crippen LogP contribution >= 0.6 is 0 Å². The molecule has 1 amide bonds. The quantitative estimate of drug-likeness (QED) is 0.172. The molecule has 12 nitrogen and oxygen atoms in total. The molecule has 0 radical (unpaired) electrons. The van der Waals surface area contributed by atoms with Crippen LogP contribution in [0.5, 0.6) is 5.88 Å². The Balaban J connectivity index is 1.38. The number of halogens is 1. The normalized spacial score (nSPS) is 12.4. The molecule has 220 valence electrons. The number of aromatic nitrogens is 6. The van der Waals surface area contributed by atoms with E-state index in [-0.39, 0.29) is 31.1 Å². The van der Waals surface area contributed by atoms with Crippen molar-refractivity contribution in [2.45, 2.75) is 32.0 Å². The Hall–Kier alpha value is -5.43. The summed E-state index contributed by atoms with van der Waals surface area (Å²) in [6.45, 7) is 1.97. The highest BCUT2D eigenvalue weighted by Gasteiger charge is 2.29. The minimum atomic E-state index is -1.85. The molecule has 43 heavy (non-hydrogen) atoms. The first kappa shape index (κ1) is 29.1. The number of amides is 1. The zero-order valence-electron chi connectivity index (χ0n) is 23.0. The molecule has 0 aliphatic rings. The predicted octanol–water partition coefficient (Wildman–Crippen LogP) is 3.10. The molecule has 0 fully saturated rings. The molecule has 0 saturated heterocycles. The zero-order chi connectivity index (χ0) is 30.3. The van der Waals surface area contributed by atoms with Gasteiger partial charge in [0, 0.05) is 17.2 Å². The van der Waals surface area contributed by atoms with Crippen molar-refractivity contribution < 1.29 is 28.9 Å². The fourth-order valence-electron chi connectivity index (χ4n) is 4.63. The summed E-state index contributed by atoms with van der Waals surface area (Å²) in [7, 11) is 0. The first-order chi connectivity index (χ1) is 20.8.